The van der Waals surface area contributed by atoms with Crippen LogP contribution in [-0.4, -0.2) is 22.3 Å². The molecule has 1 aromatic carbocycles. The zero-order valence-corrected chi connectivity index (χ0v) is 11.2. The number of H-pyrrole nitrogens is 1. The minimum Gasteiger partial charge on any atom is -0.363 e. The van der Waals surface area contributed by atoms with Crippen molar-refractivity contribution in [1.82, 2.24) is 9.88 Å². The highest BCUT2D eigenvalue weighted by atomic mass is 35.5. The number of carbonyl (C=O) groups excluding carboxylic acids is 1. The molecule has 1 amide bonds. The molecule has 1 aliphatic rings. The maximum atomic E-state index is 12.6. The Morgan fingerprint density at radius 2 is 2.21 bits per heavy atom. The largest absolute Gasteiger partial charge is 0.363 e. The molecule has 1 unspecified atom stereocenters. The highest BCUT2D eigenvalue weighted by Gasteiger charge is 2.31. The van der Waals surface area contributed by atoms with Crippen molar-refractivity contribution in [1.29, 1.82) is 0 Å². The minimum atomic E-state index is 0.0552. The molecular formula is C15H15ClN2O. The molecule has 1 aromatic heterocycles. The van der Waals surface area contributed by atoms with E-state index in [-0.39, 0.29) is 11.9 Å². The molecule has 1 fully saturated rings. The van der Waals surface area contributed by atoms with E-state index in [1.807, 2.05) is 35.4 Å². The molecule has 19 heavy (non-hydrogen) atoms. The van der Waals surface area contributed by atoms with Crippen LogP contribution in [0, 0.1) is 0 Å². The van der Waals surface area contributed by atoms with E-state index in [0.717, 1.165) is 25.1 Å². The van der Waals surface area contributed by atoms with Gasteiger partial charge in [-0.25, -0.2) is 0 Å². The molecule has 0 radical (unpaired) electrons. The van der Waals surface area contributed by atoms with Gasteiger partial charge in [0.25, 0.3) is 5.91 Å². The Morgan fingerprint density at radius 1 is 1.32 bits per heavy atom. The molecule has 4 heteroatoms. The van der Waals surface area contributed by atoms with E-state index < -0.39 is 0 Å². The van der Waals surface area contributed by atoms with Gasteiger partial charge >= 0.3 is 0 Å². The van der Waals surface area contributed by atoms with Gasteiger partial charge in [-0.1, -0.05) is 17.7 Å². The van der Waals surface area contributed by atoms with E-state index >= 15 is 0 Å². The first-order valence-corrected chi connectivity index (χ1v) is 6.83. The Balaban J connectivity index is 1.87. The number of likely N-dealkylation sites (tertiary alicyclic amines) is 1. The normalized spacial score (nSPS) is 18.8. The van der Waals surface area contributed by atoms with Gasteiger partial charge in [0, 0.05) is 29.0 Å². The van der Waals surface area contributed by atoms with Crippen molar-refractivity contribution in [2.45, 2.75) is 18.9 Å². The molecule has 2 aromatic rings. The predicted octanol–water partition coefficient (Wildman–Crippen LogP) is 3.65. The number of halogens is 1. The molecule has 0 bridgehead atoms. The van der Waals surface area contributed by atoms with Crippen LogP contribution in [0.3, 0.4) is 0 Å². The maximum Gasteiger partial charge on any atom is 0.254 e. The molecule has 3 rings (SSSR count). The van der Waals surface area contributed by atoms with Crippen LogP contribution >= 0.6 is 11.6 Å². The number of hydrogen-bond donors (Lipinski definition) is 1. The third-order valence-corrected chi connectivity index (χ3v) is 3.80. The second-order valence-electron chi connectivity index (χ2n) is 4.79. The van der Waals surface area contributed by atoms with Crippen LogP contribution in [0.1, 0.15) is 34.9 Å². The number of nitrogens with one attached hydrogen (secondary N) is 1. The number of hydrogen-bond acceptors (Lipinski definition) is 1. The van der Waals surface area contributed by atoms with E-state index in [0.29, 0.717) is 10.6 Å². The van der Waals surface area contributed by atoms with Crippen molar-refractivity contribution in [3.63, 3.8) is 0 Å². The summed E-state index contributed by atoms with van der Waals surface area (Å²) >= 11 is 5.95. The van der Waals surface area contributed by atoms with Crippen molar-refractivity contribution < 1.29 is 4.79 Å². The molecule has 98 valence electrons. The van der Waals surface area contributed by atoms with Gasteiger partial charge in [-0.3, -0.25) is 4.79 Å². The summed E-state index contributed by atoms with van der Waals surface area (Å²) in [7, 11) is 0. The van der Waals surface area contributed by atoms with Crippen molar-refractivity contribution >= 4 is 17.5 Å². The molecule has 1 atom stereocenters. The zero-order chi connectivity index (χ0) is 13.2. The van der Waals surface area contributed by atoms with Gasteiger partial charge in [0.15, 0.2) is 0 Å². The van der Waals surface area contributed by atoms with Gasteiger partial charge in [-0.05, 0) is 43.2 Å². The quantitative estimate of drug-likeness (QED) is 0.892. The summed E-state index contributed by atoms with van der Waals surface area (Å²) in [6.45, 7) is 0.801. The monoisotopic (exact) mass is 274 g/mol. The Labute approximate surface area is 117 Å². The van der Waals surface area contributed by atoms with Crippen LogP contribution in [0.5, 0.6) is 0 Å². The Hall–Kier alpha value is -1.74. The van der Waals surface area contributed by atoms with Crippen molar-refractivity contribution in [2.75, 3.05) is 6.54 Å². The van der Waals surface area contributed by atoms with Crippen LogP contribution in [-0.2, 0) is 0 Å². The lowest BCUT2D eigenvalue weighted by molar-refractivity contribution is 0.0733. The lowest BCUT2D eigenvalue weighted by Gasteiger charge is -2.24. The summed E-state index contributed by atoms with van der Waals surface area (Å²) in [5.74, 6) is 0.0552. The highest BCUT2D eigenvalue weighted by molar-refractivity contribution is 6.30. The van der Waals surface area contributed by atoms with Gasteiger partial charge in [0.05, 0.1) is 6.04 Å². The van der Waals surface area contributed by atoms with Crippen molar-refractivity contribution in [3.8, 4) is 0 Å². The number of nitrogens with zero attached hydrogens (tertiary/aromatic N) is 1. The number of carbonyl (C=O) groups is 1. The average Bonchev–Trinajstić information content (AvgIpc) is 3.08. The second-order valence-corrected chi connectivity index (χ2v) is 5.23. The third-order valence-electron chi connectivity index (χ3n) is 3.57. The van der Waals surface area contributed by atoms with Gasteiger partial charge in [-0.2, -0.15) is 0 Å². The molecular weight excluding hydrogens is 260 g/mol. The lowest BCUT2D eigenvalue weighted by Crippen LogP contribution is -2.30. The van der Waals surface area contributed by atoms with Crippen molar-refractivity contribution in [3.05, 3.63) is 58.9 Å². The summed E-state index contributed by atoms with van der Waals surface area (Å²) in [6, 6.07) is 11.3. The van der Waals surface area contributed by atoms with Crippen LogP contribution in [0.15, 0.2) is 42.6 Å². The fourth-order valence-electron chi connectivity index (χ4n) is 2.67. The fourth-order valence-corrected chi connectivity index (χ4v) is 2.86. The molecule has 1 aliphatic heterocycles. The molecule has 1 saturated heterocycles. The van der Waals surface area contributed by atoms with Gasteiger partial charge in [-0.15, -0.1) is 0 Å². The highest BCUT2D eigenvalue weighted by Crippen LogP contribution is 2.32. The second kappa shape index (κ2) is 5.10. The molecule has 3 nitrogen and oxygen atoms in total. The lowest BCUT2D eigenvalue weighted by atomic mass is 10.1. The summed E-state index contributed by atoms with van der Waals surface area (Å²) in [4.78, 5) is 17.7. The van der Waals surface area contributed by atoms with Crippen LogP contribution < -0.4 is 0 Å². The van der Waals surface area contributed by atoms with Crippen LogP contribution in [0.2, 0.25) is 5.02 Å². The first-order valence-electron chi connectivity index (χ1n) is 6.45. The molecule has 0 spiro atoms. The van der Waals surface area contributed by atoms with E-state index in [1.165, 1.54) is 0 Å². The standard InChI is InChI=1S/C15H15ClN2O/c16-12-5-1-4-11(10-12)15(19)18-9-3-7-14(18)13-6-2-8-17-13/h1-2,4-6,8,10,14,17H,3,7,9H2. The number of rotatable bonds is 2. The SMILES string of the molecule is O=C(c1cccc(Cl)c1)N1CCCC1c1ccc[nH]1. The van der Waals surface area contributed by atoms with E-state index in [9.17, 15) is 4.79 Å². The Kier molecular flexibility index (Phi) is 3.30. The van der Waals surface area contributed by atoms with Crippen LogP contribution in [0.4, 0.5) is 0 Å². The van der Waals surface area contributed by atoms with Crippen molar-refractivity contribution in [2.24, 2.45) is 0 Å². The first kappa shape index (κ1) is 12.3. The average molecular weight is 275 g/mol. The summed E-state index contributed by atoms with van der Waals surface area (Å²) < 4.78 is 0. The minimum absolute atomic E-state index is 0.0552. The van der Waals surface area contributed by atoms with E-state index in [4.69, 9.17) is 11.6 Å². The first-order chi connectivity index (χ1) is 9.25. The van der Waals surface area contributed by atoms with E-state index in [2.05, 4.69) is 4.98 Å². The molecule has 1 N–H and O–H groups in total. The number of benzene rings is 1. The predicted molar refractivity (Wildman–Crippen MR) is 75.3 cm³/mol. The topological polar surface area (TPSA) is 36.1 Å². The van der Waals surface area contributed by atoms with Gasteiger partial charge in [0.2, 0.25) is 0 Å². The molecule has 2 heterocycles. The number of aromatic nitrogens is 1. The van der Waals surface area contributed by atoms with E-state index in [1.54, 1.807) is 12.1 Å². The summed E-state index contributed by atoms with van der Waals surface area (Å²) in [6.07, 6.45) is 3.94. The fraction of sp³-hybridized carbons (Fsp3) is 0.267. The summed E-state index contributed by atoms with van der Waals surface area (Å²) in [5.41, 5.74) is 1.76. The van der Waals surface area contributed by atoms with Gasteiger partial charge < -0.3 is 9.88 Å². The molecule has 0 aliphatic carbocycles. The molecule has 0 saturated carbocycles. The maximum absolute atomic E-state index is 12.6. The van der Waals surface area contributed by atoms with Gasteiger partial charge in [0.1, 0.15) is 0 Å². The smallest absolute Gasteiger partial charge is 0.254 e. The zero-order valence-electron chi connectivity index (χ0n) is 10.5. The van der Waals surface area contributed by atoms with Crippen LogP contribution in [0.25, 0.3) is 0 Å². The number of aromatic amines is 1. The Bertz CT molecular complexity index is 580. The number of amides is 1. The third kappa shape index (κ3) is 2.38. The summed E-state index contributed by atoms with van der Waals surface area (Å²) in [5, 5.41) is 0.599. The Morgan fingerprint density at radius 3 is 2.95 bits per heavy atom.